The van der Waals surface area contributed by atoms with Crippen LogP contribution in [0, 0.1) is 0 Å². The number of hydrogen-bond acceptors (Lipinski definition) is 2. The van der Waals surface area contributed by atoms with Crippen LogP contribution in [0.2, 0.25) is 0 Å². The number of allylic oxidation sites excluding steroid dienone is 2. The number of aryl methyl sites for hydroxylation is 1. The summed E-state index contributed by atoms with van der Waals surface area (Å²) in [7, 11) is 0. The van der Waals surface area contributed by atoms with Crippen LogP contribution in [0.3, 0.4) is 0 Å². The topological polar surface area (TPSA) is 37.3 Å². The molecule has 0 amide bonds. The van der Waals surface area contributed by atoms with Gasteiger partial charge in [-0.3, -0.25) is 4.79 Å². The summed E-state index contributed by atoms with van der Waals surface area (Å²) in [6.07, 6.45) is 6.66. The summed E-state index contributed by atoms with van der Waals surface area (Å²) < 4.78 is 0. The normalized spacial score (nSPS) is 24.8. The standard InChI is InChI=1S/C19H24O2/c1-3-4-5-15-17-8-6-13-12-14(20)7-9-16(13)19(17,2)11-10-18(15)21/h7,9,12,20H,3-6,8,10-11H2,1-2H3. The lowest BCUT2D eigenvalue weighted by Gasteiger charge is -2.43. The molecule has 2 nitrogen and oxygen atoms in total. The summed E-state index contributed by atoms with van der Waals surface area (Å²) in [5, 5.41) is 9.71. The molecule has 2 aliphatic carbocycles. The predicted octanol–water partition coefficient (Wildman–Crippen LogP) is 4.45. The SMILES string of the molecule is CCCCC1=C2CCc3cc(O)ccc3C2(C)CCC1=O. The zero-order valence-electron chi connectivity index (χ0n) is 13.0. The molecule has 0 saturated carbocycles. The molecule has 0 radical (unpaired) electrons. The fourth-order valence-corrected chi connectivity index (χ4v) is 4.12. The molecule has 1 aromatic rings. The summed E-state index contributed by atoms with van der Waals surface area (Å²) >= 11 is 0. The fourth-order valence-electron chi connectivity index (χ4n) is 4.12. The van der Waals surface area contributed by atoms with E-state index in [4.69, 9.17) is 0 Å². The van der Waals surface area contributed by atoms with Gasteiger partial charge in [-0.15, -0.1) is 0 Å². The van der Waals surface area contributed by atoms with Crippen molar-refractivity contribution in [2.24, 2.45) is 0 Å². The number of carbonyl (C=O) groups excluding carboxylic acids is 1. The van der Waals surface area contributed by atoms with Crippen molar-refractivity contribution in [3.63, 3.8) is 0 Å². The van der Waals surface area contributed by atoms with Gasteiger partial charge in [0.2, 0.25) is 0 Å². The molecule has 0 spiro atoms. The van der Waals surface area contributed by atoms with Crippen LogP contribution in [0.15, 0.2) is 29.3 Å². The Morgan fingerprint density at radius 3 is 2.81 bits per heavy atom. The quantitative estimate of drug-likeness (QED) is 0.890. The van der Waals surface area contributed by atoms with Gasteiger partial charge in [-0.05, 0) is 60.9 Å². The zero-order valence-corrected chi connectivity index (χ0v) is 13.0. The number of phenols is 1. The molecule has 2 heteroatoms. The van der Waals surface area contributed by atoms with E-state index in [0.717, 1.165) is 44.1 Å². The van der Waals surface area contributed by atoms with Gasteiger partial charge in [0, 0.05) is 11.8 Å². The Labute approximate surface area is 126 Å². The number of aromatic hydroxyl groups is 1. The van der Waals surface area contributed by atoms with E-state index in [1.54, 1.807) is 6.07 Å². The molecule has 0 saturated heterocycles. The molecule has 1 atom stereocenters. The van der Waals surface area contributed by atoms with Crippen LogP contribution in [0.5, 0.6) is 5.75 Å². The van der Waals surface area contributed by atoms with Gasteiger partial charge in [0.1, 0.15) is 5.75 Å². The van der Waals surface area contributed by atoms with Crippen LogP contribution in [0.25, 0.3) is 0 Å². The average molecular weight is 284 g/mol. The lowest BCUT2D eigenvalue weighted by atomic mass is 9.60. The number of benzene rings is 1. The first-order valence-electron chi connectivity index (χ1n) is 8.14. The summed E-state index contributed by atoms with van der Waals surface area (Å²) in [4.78, 5) is 12.4. The summed E-state index contributed by atoms with van der Waals surface area (Å²) in [5.41, 5.74) is 5.07. The molecule has 21 heavy (non-hydrogen) atoms. The molecule has 1 N–H and O–H groups in total. The predicted molar refractivity (Wildman–Crippen MR) is 84.6 cm³/mol. The third-order valence-electron chi connectivity index (χ3n) is 5.33. The molecule has 1 unspecified atom stereocenters. The highest BCUT2D eigenvalue weighted by Crippen LogP contribution is 2.49. The third kappa shape index (κ3) is 2.31. The van der Waals surface area contributed by atoms with E-state index in [9.17, 15) is 9.90 Å². The first-order valence-corrected chi connectivity index (χ1v) is 8.14. The molecule has 2 aliphatic rings. The number of ketones is 1. The Kier molecular flexibility index (Phi) is 3.64. The second-order valence-corrected chi connectivity index (χ2v) is 6.66. The van der Waals surface area contributed by atoms with Crippen LogP contribution in [-0.2, 0) is 16.6 Å². The Bertz CT molecular complexity index is 612. The lowest BCUT2D eigenvalue weighted by Crippen LogP contribution is -2.36. The Hall–Kier alpha value is -1.57. The largest absolute Gasteiger partial charge is 0.508 e. The van der Waals surface area contributed by atoms with Gasteiger partial charge in [-0.2, -0.15) is 0 Å². The minimum absolute atomic E-state index is 0.00172. The highest BCUT2D eigenvalue weighted by atomic mass is 16.3. The van der Waals surface area contributed by atoms with Gasteiger partial charge in [0.25, 0.3) is 0 Å². The maximum Gasteiger partial charge on any atom is 0.158 e. The highest BCUT2D eigenvalue weighted by Gasteiger charge is 2.41. The second-order valence-electron chi connectivity index (χ2n) is 6.66. The van der Waals surface area contributed by atoms with Gasteiger partial charge in [-0.1, -0.05) is 31.9 Å². The van der Waals surface area contributed by atoms with Gasteiger partial charge in [-0.25, -0.2) is 0 Å². The Morgan fingerprint density at radius 1 is 1.24 bits per heavy atom. The van der Waals surface area contributed by atoms with Gasteiger partial charge in [0.15, 0.2) is 5.78 Å². The number of rotatable bonds is 3. The van der Waals surface area contributed by atoms with Crippen molar-refractivity contribution in [1.29, 1.82) is 0 Å². The third-order valence-corrected chi connectivity index (χ3v) is 5.33. The zero-order chi connectivity index (χ0) is 15.0. The smallest absolute Gasteiger partial charge is 0.158 e. The summed E-state index contributed by atoms with van der Waals surface area (Å²) in [6.45, 7) is 4.46. The number of unbranched alkanes of at least 4 members (excludes halogenated alkanes) is 1. The van der Waals surface area contributed by atoms with Crippen molar-refractivity contribution in [3.05, 3.63) is 40.5 Å². The molecule has 112 valence electrons. The van der Waals surface area contributed by atoms with E-state index in [0.29, 0.717) is 18.0 Å². The molecular weight excluding hydrogens is 260 g/mol. The van der Waals surface area contributed by atoms with Crippen molar-refractivity contribution in [2.75, 3.05) is 0 Å². The first kappa shape index (κ1) is 14.4. The molecule has 0 aliphatic heterocycles. The maximum atomic E-state index is 12.4. The Morgan fingerprint density at radius 2 is 2.05 bits per heavy atom. The number of fused-ring (bicyclic) bond motifs is 3. The Balaban J connectivity index is 2.10. The number of hydrogen-bond donors (Lipinski definition) is 1. The molecule has 0 heterocycles. The van der Waals surface area contributed by atoms with Crippen molar-refractivity contribution < 1.29 is 9.90 Å². The average Bonchev–Trinajstić information content (AvgIpc) is 2.46. The molecule has 0 aromatic heterocycles. The van der Waals surface area contributed by atoms with Crippen molar-refractivity contribution in [1.82, 2.24) is 0 Å². The van der Waals surface area contributed by atoms with Gasteiger partial charge < -0.3 is 5.11 Å². The minimum Gasteiger partial charge on any atom is -0.508 e. The van der Waals surface area contributed by atoms with E-state index in [1.807, 2.05) is 6.07 Å². The molecule has 1 aromatic carbocycles. The van der Waals surface area contributed by atoms with Gasteiger partial charge in [0.05, 0.1) is 0 Å². The number of phenolic OH excluding ortho intramolecular Hbond substituents is 1. The maximum absolute atomic E-state index is 12.4. The van der Waals surface area contributed by atoms with E-state index < -0.39 is 0 Å². The van der Waals surface area contributed by atoms with Crippen LogP contribution in [0.1, 0.15) is 63.5 Å². The molecular formula is C19H24O2. The molecule has 0 fully saturated rings. The van der Waals surface area contributed by atoms with Crippen molar-refractivity contribution in [2.45, 2.75) is 64.2 Å². The van der Waals surface area contributed by atoms with E-state index in [2.05, 4.69) is 19.9 Å². The highest BCUT2D eigenvalue weighted by molar-refractivity contribution is 5.98. The summed E-state index contributed by atoms with van der Waals surface area (Å²) in [5.74, 6) is 0.723. The minimum atomic E-state index is -0.00172. The second kappa shape index (κ2) is 5.32. The molecule has 3 rings (SSSR count). The van der Waals surface area contributed by atoms with Crippen molar-refractivity contribution in [3.8, 4) is 5.75 Å². The van der Waals surface area contributed by atoms with E-state index >= 15 is 0 Å². The number of carbonyl (C=O) groups is 1. The lowest BCUT2D eigenvalue weighted by molar-refractivity contribution is -0.116. The monoisotopic (exact) mass is 284 g/mol. The van der Waals surface area contributed by atoms with E-state index in [1.165, 1.54) is 16.7 Å². The molecule has 0 bridgehead atoms. The first-order chi connectivity index (χ1) is 10.1. The fraction of sp³-hybridized carbons (Fsp3) is 0.526. The van der Waals surface area contributed by atoms with Crippen LogP contribution >= 0.6 is 0 Å². The summed E-state index contributed by atoms with van der Waals surface area (Å²) in [6, 6.07) is 5.76. The van der Waals surface area contributed by atoms with E-state index in [-0.39, 0.29) is 5.41 Å². The van der Waals surface area contributed by atoms with Crippen LogP contribution in [0.4, 0.5) is 0 Å². The number of Topliss-reactive ketones (excluding diaryl/α,β-unsaturated/α-hetero) is 1. The van der Waals surface area contributed by atoms with Crippen LogP contribution < -0.4 is 0 Å². The van der Waals surface area contributed by atoms with Crippen molar-refractivity contribution >= 4 is 5.78 Å². The van der Waals surface area contributed by atoms with Gasteiger partial charge >= 0.3 is 0 Å². The van der Waals surface area contributed by atoms with Crippen LogP contribution in [-0.4, -0.2) is 10.9 Å².